The van der Waals surface area contributed by atoms with Gasteiger partial charge in [-0.3, -0.25) is 9.48 Å². The number of amides is 1. The molecule has 0 unspecified atom stereocenters. The summed E-state index contributed by atoms with van der Waals surface area (Å²) in [5.74, 6) is 2.64. The Morgan fingerprint density at radius 3 is 2.69 bits per heavy atom. The van der Waals surface area contributed by atoms with Crippen molar-refractivity contribution in [2.75, 3.05) is 13.1 Å². The molecule has 11 heteroatoms. The van der Waals surface area contributed by atoms with Gasteiger partial charge >= 0.3 is 0 Å². The first-order valence-electron chi connectivity index (χ1n) is 11.4. The summed E-state index contributed by atoms with van der Waals surface area (Å²) >= 11 is 9.74. The summed E-state index contributed by atoms with van der Waals surface area (Å²) in [5.41, 5.74) is 2.50. The van der Waals surface area contributed by atoms with Gasteiger partial charge in [0.05, 0.1) is 10.00 Å². The van der Waals surface area contributed by atoms with Gasteiger partial charge in [-0.1, -0.05) is 50.7 Å². The normalized spacial score (nSPS) is 19.1. The van der Waals surface area contributed by atoms with Crippen molar-refractivity contribution in [2.45, 2.75) is 48.5 Å². The first-order valence-corrected chi connectivity index (χ1v) is 14.1. The number of sulfone groups is 1. The summed E-state index contributed by atoms with van der Waals surface area (Å²) in [6.45, 7) is 0.647. The molecule has 184 valence electrons. The first kappa shape index (κ1) is 24.3. The number of benzene rings is 1. The van der Waals surface area contributed by atoms with Crippen LogP contribution in [0, 0.1) is 12.0 Å². The van der Waals surface area contributed by atoms with Crippen molar-refractivity contribution in [3.05, 3.63) is 51.3 Å². The maximum absolute atomic E-state index is 13.3. The van der Waals surface area contributed by atoms with Crippen LogP contribution < -0.4 is 0 Å². The maximum atomic E-state index is 13.3. The highest BCUT2D eigenvalue weighted by Crippen LogP contribution is 2.50. The molecule has 2 saturated carbocycles. The van der Waals surface area contributed by atoms with E-state index in [0.717, 1.165) is 22.9 Å². The molecule has 0 radical (unpaired) electrons. The molecule has 2 fully saturated rings. The molecule has 1 aromatic carbocycles. The van der Waals surface area contributed by atoms with Gasteiger partial charge in [0, 0.05) is 36.6 Å². The molecule has 0 atom stereocenters. The van der Waals surface area contributed by atoms with Gasteiger partial charge in [-0.25, -0.2) is 8.42 Å². The Balaban J connectivity index is 1.26. The van der Waals surface area contributed by atoms with Gasteiger partial charge in [0.15, 0.2) is 15.0 Å². The van der Waals surface area contributed by atoms with Crippen molar-refractivity contribution >= 4 is 48.4 Å². The minimum Gasteiger partial charge on any atom is -0.335 e. The van der Waals surface area contributed by atoms with E-state index in [1.54, 1.807) is 11.9 Å². The monoisotopic (exact) mass is 578 g/mol. The van der Waals surface area contributed by atoms with Gasteiger partial charge in [0.2, 0.25) is 0 Å². The Morgan fingerprint density at radius 1 is 1.31 bits per heavy atom. The van der Waals surface area contributed by atoms with Crippen LogP contribution in [0.5, 0.6) is 0 Å². The number of hydrogen-bond donors (Lipinski definition) is 0. The number of halogens is 2. The number of oxime groups is 1. The topological polar surface area (TPSA) is 93.9 Å². The molecule has 2 heterocycles. The molecule has 0 saturated heterocycles. The molecule has 35 heavy (non-hydrogen) atoms. The van der Waals surface area contributed by atoms with Gasteiger partial charge in [-0.05, 0) is 49.8 Å². The molecule has 1 aliphatic heterocycles. The smallest absolute Gasteiger partial charge is 0.272 e. The molecule has 1 aromatic heterocycles. The summed E-state index contributed by atoms with van der Waals surface area (Å²) in [5, 5.41) is 8.03. The quantitative estimate of drug-likeness (QED) is 0.285. The molecular formula is C24H24BrClN4O4S. The summed E-state index contributed by atoms with van der Waals surface area (Å²) in [6, 6.07) is 7.80. The number of fused-ring (bicyclic) bond motifs is 1. The zero-order valence-electron chi connectivity index (χ0n) is 19.1. The zero-order chi connectivity index (χ0) is 24.8. The van der Waals surface area contributed by atoms with Crippen LogP contribution in [0.3, 0.4) is 0 Å². The molecule has 0 N–H and O–H groups in total. The molecule has 1 amide bonds. The Hall–Kier alpha value is -2.35. The van der Waals surface area contributed by atoms with Crippen molar-refractivity contribution in [2.24, 2.45) is 12.2 Å². The third-order valence-electron chi connectivity index (χ3n) is 6.77. The van der Waals surface area contributed by atoms with Crippen molar-refractivity contribution < 1.29 is 18.0 Å². The van der Waals surface area contributed by atoms with Crippen LogP contribution >= 0.6 is 27.5 Å². The Morgan fingerprint density at radius 2 is 2.03 bits per heavy atom. The highest BCUT2D eigenvalue weighted by atomic mass is 79.9. The SMILES string of the molecule is Cn1nc(/C(Cl)=N/OC#CCc2ccc(Br)cc2)c2c1C(=O)N(CC1(S(=O)(=O)C3CC3)CC1)CC2. The standard InChI is InChI=1S/C24H24BrClN4O4S/c1-29-21-19(10-13-30(23(21)31)15-24(11-12-24)35(32,33)18-8-9-18)20(27-29)22(26)28-34-14-2-3-16-4-6-17(25)7-5-16/h4-7,18H,3,8-13,15H2,1H3/b28-22-. The molecule has 0 bridgehead atoms. The third kappa shape index (κ3) is 4.74. The lowest BCUT2D eigenvalue weighted by Gasteiger charge is -2.31. The Kier molecular flexibility index (Phi) is 6.45. The van der Waals surface area contributed by atoms with E-state index in [9.17, 15) is 13.2 Å². The van der Waals surface area contributed by atoms with E-state index in [1.165, 1.54) is 4.68 Å². The van der Waals surface area contributed by atoms with Crippen LogP contribution in [0.2, 0.25) is 0 Å². The fourth-order valence-corrected chi connectivity index (χ4v) is 7.44. The van der Waals surface area contributed by atoms with E-state index in [-0.39, 0.29) is 22.9 Å². The van der Waals surface area contributed by atoms with Crippen LogP contribution in [0.4, 0.5) is 0 Å². The lowest BCUT2D eigenvalue weighted by Crippen LogP contribution is -2.46. The van der Waals surface area contributed by atoms with E-state index in [1.807, 2.05) is 24.3 Å². The van der Waals surface area contributed by atoms with E-state index >= 15 is 0 Å². The molecule has 2 aromatic rings. The van der Waals surface area contributed by atoms with E-state index in [2.05, 4.69) is 38.2 Å². The predicted octanol–water partition coefficient (Wildman–Crippen LogP) is 3.41. The van der Waals surface area contributed by atoms with Crippen LogP contribution in [-0.2, 0) is 34.6 Å². The second-order valence-electron chi connectivity index (χ2n) is 9.26. The second-order valence-corrected chi connectivity index (χ2v) is 13.2. The lowest BCUT2D eigenvalue weighted by atomic mass is 10.0. The van der Waals surface area contributed by atoms with Crippen molar-refractivity contribution in [1.82, 2.24) is 14.7 Å². The minimum absolute atomic E-state index is 0.0102. The number of rotatable bonds is 7. The fraction of sp³-hybridized carbons (Fsp3) is 0.458. The van der Waals surface area contributed by atoms with Gasteiger partial charge in [-0.2, -0.15) is 5.10 Å². The Labute approximate surface area is 217 Å². The Bertz CT molecular complexity index is 1370. The summed E-state index contributed by atoms with van der Waals surface area (Å²) in [7, 11) is -1.53. The highest BCUT2D eigenvalue weighted by Gasteiger charge is 2.60. The fourth-order valence-electron chi connectivity index (χ4n) is 4.52. The van der Waals surface area contributed by atoms with E-state index < -0.39 is 14.6 Å². The number of hydrogen-bond acceptors (Lipinski definition) is 6. The van der Waals surface area contributed by atoms with Gasteiger partial charge in [0.25, 0.3) is 5.91 Å². The number of nitrogens with zero attached hydrogens (tertiary/aromatic N) is 4. The van der Waals surface area contributed by atoms with E-state index in [0.29, 0.717) is 49.2 Å². The number of carbonyl (C=O) groups is 1. The van der Waals surface area contributed by atoms with Crippen LogP contribution in [0.15, 0.2) is 33.9 Å². The highest BCUT2D eigenvalue weighted by molar-refractivity contribution is 9.10. The third-order valence-corrected chi connectivity index (χ3v) is 10.6. The minimum atomic E-state index is -3.20. The van der Waals surface area contributed by atoms with Crippen LogP contribution in [-0.4, -0.2) is 57.3 Å². The maximum Gasteiger partial charge on any atom is 0.272 e. The molecule has 3 aliphatic rings. The average molecular weight is 580 g/mol. The van der Waals surface area contributed by atoms with Gasteiger partial charge in [0.1, 0.15) is 17.5 Å². The molecule has 0 spiro atoms. The number of carbonyl (C=O) groups excluding carboxylic acids is 1. The van der Waals surface area contributed by atoms with Crippen LogP contribution in [0.1, 0.15) is 53.0 Å². The number of aryl methyl sites for hydroxylation is 1. The molecule has 2 aliphatic carbocycles. The first-order chi connectivity index (χ1) is 16.7. The number of aromatic nitrogens is 2. The largest absolute Gasteiger partial charge is 0.335 e. The van der Waals surface area contributed by atoms with Crippen LogP contribution in [0.25, 0.3) is 0 Å². The van der Waals surface area contributed by atoms with E-state index in [4.69, 9.17) is 16.4 Å². The summed E-state index contributed by atoms with van der Waals surface area (Å²) < 4.78 is 27.5. The van der Waals surface area contributed by atoms with Crippen molar-refractivity contribution in [3.8, 4) is 12.0 Å². The predicted molar refractivity (Wildman–Crippen MR) is 136 cm³/mol. The summed E-state index contributed by atoms with van der Waals surface area (Å²) in [4.78, 5) is 20.0. The average Bonchev–Trinajstić information content (AvgIpc) is 3.75. The second kappa shape index (κ2) is 9.26. The van der Waals surface area contributed by atoms with Gasteiger partial charge < -0.3 is 9.74 Å². The van der Waals surface area contributed by atoms with Crippen molar-refractivity contribution in [3.63, 3.8) is 0 Å². The zero-order valence-corrected chi connectivity index (χ0v) is 22.3. The van der Waals surface area contributed by atoms with Gasteiger partial charge in [-0.15, -0.1) is 0 Å². The lowest BCUT2D eigenvalue weighted by molar-refractivity contribution is 0.0724. The molecule has 5 rings (SSSR count). The van der Waals surface area contributed by atoms with Crippen molar-refractivity contribution in [1.29, 1.82) is 0 Å². The summed E-state index contributed by atoms with van der Waals surface area (Å²) in [6.07, 6.45) is 6.24. The molecular weight excluding hydrogens is 556 g/mol. The molecule has 8 nitrogen and oxygen atoms in total.